The van der Waals surface area contributed by atoms with Gasteiger partial charge in [0.15, 0.2) is 11.6 Å². The zero-order valence-corrected chi connectivity index (χ0v) is 14.9. The lowest BCUT2D eigenvalue weighted by atomic mass is 10.1. The summed E-state index contributed by atoms with van der Waals surface area (Å²) >= 11 is 5.85. The van der Waals surface area contributed by atoms with Crippen LogP contribution >= 0.6 is 11.6 Å². The molecule has 3 rings (SSSR count). The Bertz CT molecular complexity index is 825. The first kappa shape index (κ1) is 19.7. The molecule has 1 fully saturated rings. The summed E-state index contributed by atoms with van der Waals surface area (Å²) in [6.07, 6.45) is 2.46. The average molecular weight is 402 g/mol. The minimum Gasteiger partial charge on any atom is -0.449 e. The van der Waals surface area contributed by atoms with Gasteiger partial charge in [0.2, 0.25) is 17.4 Å². The van der Waals surface area contributed by atoms with E-state index in [4.69, 9.17) is 21.1 Å². The molecule has 1 aliphatic rings. The van der Waals surface area contributed by atoms with E-state index in [1.54, 1.807) is 6.07 Å². The Morgan fingerprint density at radius 3 is 2.26 bits per heavy atom. The fourth-order valence-corrected chi connectivity index (χ4v) is 2.78. The summed E-state index contributed by atoms with van der Waals surface area (Å²) in [4.78, 5) is 1.98. The topological polar surface area (TPSA) is 21.7 Å². The normalized spacial score (nSPS) is 15.4. The Kier molecular flexibility index (Phi) is 6.36. The van der Waals surface area contributed by atoms with Crippen LogP contribution in [0.2, 0.25) is 5.02 Å². The Morgan fingerprint density at radius 1 is 1.00 bits per heavy atom. The van der Waals surface area contributed by atoms with Crippen molar-refractivity contribution in [1.29, 1.82) is 0 Å². The molecule has 0 bridgehead atoms. The largest absolute Gasteiger partial charge is 0.449 e. The van der Waals surface area contributed by atoms with Crippen molar-refractivity contribution in [3.05, 3.63) is 64.2 Å². The van der Waals surface area contributed by atoms with Crippen LogP contribution < -0.4 is 4.74 Å². The molecule has 1 aliphatic heterocycles. The number of nitrogens with zero attached hydrogens (tertiary/aromatic N) is 1. The van der Waals surface area contributed by atoms with E-state index in [9.17, 15) is 17.6 Å². The minimum absolute atomic E-state index is 0.0478. The van der Waals surface area contributed by atoms with E-state index in [-0.39, 0.29) is 10.8 Å². The summed E-state index contributed by atoms with van der Waals surface area (Å²) in [6, 6.07) is 5.83. The van der Waals surface area contributed by atoms with Crippen LogP contribution in [0, 0.1) is 23.3 Å². The minimum atomic E-state index is -1.63. The van der Waals surface area contributed by atoms with Gasteiger partial charge in [-0.15, -0.1) is 0 Å². The number of morpholine rings is 1. The Labute approximate surface area is 158 Å². The fraction of sp³-hybridized carbons (Fsp3) is 0.263. The van der Waals surface area contributed by atoms with Gasteiger partial charge in [-0.3, -0.25) is 4.90 Å². The summed E-state index contributed by atoms with van der Waals surface area (Å²) in [5, 5.41) is 0.0478. The zero-order valence-electron chi connectivity index (χ0n) is 14.2. The Balaban J connectivity index is 1.85. The number of halogens is 5. The molecule has 0 N–H and O–H groups in total. The molecular weight excluding hydrogens is 386 g/mol. The van der Waals surface area contributed by atoms with E-state index in [2.05, 4.69) is 0 Å². The maximum Gasteiger partial charge on any atom is 0.205 e. The lowest BCUT2D eigenvalue weighted by Crippen LogP contribution is -2.36. The summed E-state index contributed by atoms with van der Waals surface area (Å²) in [5.74, 6) is -7.61. The van der Waals surface area contributed by atoms with E-state index >= 15 is 0 Å². The van der Waals surface area contributed by atoms with Crippen molar-refractivity contribution in [2.24, 2.45) is 0 Å². The molecule has 2 aromatic carbocycles. The van der Waals surface area contributed by atoms with Crippen molar-refractivity contribution >= 4 is 17.7 Å². The molecule has 0 atom stereocenters. The molecule has 144 valence electrons. The van der Waals surface area contributed by atoms with Crippen molar-refractivity contribution in [1.82, 2.24) is 4.90 Å². The molecule has 2 aromatic rings. The summed E-state index contributed by atoms with van der Waals surface area (Å²) in [7, 11) is 0. The number of benzene rings is 2. The Hall–Kier alpha value is -2.09. The van der Waals surface area contributed by atoms with Gasteiger partial charge in [-0.2, -0.15) is 8.78 Å². The van der Waals surface area contributed by atoms with Gasteiger partial charge in [-0.1, -0.05) is 35.9 Å². The average Bonchev–Trinajstić information content (AvgIpc) is 2.68. The number of rotatable bonds is 5. The van der Waals surface area contributed by atoms with Crippen molar-refractivity contribution in [3.63, 3.8) is 0 Å². The monoisotopic (exact) mass is 401 g/mol. The van der Waals surface area contributed by atoms with Crippen LogP contribution in [0.25, 0.3) is 6.08 Å². The molecule has 1 saturated heterocycles. The third-order valence-electron chi connectivity index (χ3n) is 4.06. The van der Waals surface area contributed by atoms with Gasteiger partial charge in [-0.25, -0.2) is 8.78 Å². The van der Waals surface area contributed by atoms with Gasteiger partial charge in [0.05, 0.1) is 23.8 Å². The first-order valence-corrected chi connectivity index (χ1v) is 8.61. The SMILES string of the molecule is Fc1c(F)c(Oc2ccccc2Cl)c(F)c(F)c1/C=C/CN1CCOCC1. The maximum absolute atomic E-state index is 14.3. The fourth-order valence-electron chi connectivity index (χ4n) is 2.61. The second-order valence-electron chi connectivity index (χ2n) is 5.85. The lowest BCUT2D eigenvalue weighted by Gasteiger charge is -2.25. The van der Waals surface area contributed by atoms with Crippen LogP contribution in [0.1, 0.15) is 5.56 Å². The predicted molar refractivity (Wildman–Crippen MR) is 94.1 cm³/mol. The van der Waals surface area contributed by atoms with Crippen molar-refractivity contribution in [3.8, 4) is 11.5 Å². The molecular formula is C19H16ClF4NO2. The molecule has 3 nitrogen and oxygen atoms in total. The quantitative estimate of drug-likeness (QED) is 0.518. The molecule has 27 heavy (non-hydrogen) atoms. The van der Waals surface area contributed by atoms with Crippen LogP contribution in [0.3, 0.4) is 0 Å². The Morgan fingerprint density at radius 2 is 1.63 bits per heavy atom. The molecule has 0 radical (unpaired) electrons. The molecule has 0 saturated carbocycles. The van der Waals surface area contributed by atoms with Crippen LogP contribution in [0.4, 0.5) is 17.6 Å². The number of para-hydroxylation sites is 1. The maximum atomic E-state index is 14.3. The summed E-state index contributed by atoms with van der Waals surface area (Å²) < 4.78 is 67.3. The van der Waals surface area contributed by atoms with Crippen molar-refractivity contribution in [2.75, 3.05) is 32.8 Å². The smallest absolute Gasteiger partial charge is 0.205 e. The van der Waals surface area contributed by atoms with E-state index in [1.165, 1.54) is 24.3 Å². The van der Waals surface area contributed by atoms with Crippen LogP contribution in [-0.4, -0.2) is 37.7 Å². The number of hydrogen-bond donors (Lipinski definition) is 0. The second-order valence-corrected chi connectivity index (χ2v) is 6.25. The molecule has 0 aromatic heterocycles. The van der Waals surface area contributed by atoms with Gasteiger partial charge in [0.1, 0.15) is 5.75 Å². The van der Waals surface area contributed by atoms with Gasteiger partial charge in [0.25, 0.3) is 0 Å². The second kappa shape index (κ2) is 8.73. The molecule has 0 spiro atoms. The summed E-state index contributed by atoms with van der Waals surface area (Å²) in [6.45, 7) is 2.84. The van der Waals surface area contributed by atoms with Gasteiger partial charge < -0.3 is 9.47 Å². The van der Waals surface area contributed by atoms with E-state index in [0.717, 1.165) is 6.08 Å². The molecule has 0 aliphatic carbocycles. The van der Waals surface area contributed by atoms with Crippen LogP contribution in [0.15, 0.2) is 30.3 Å². The van der Waals surface area contributed by atoms with Gasteiger partial charge in [0, 0.05) is 19.6 Å². The highest BCUT2D eigenvalue weighted by molar-refractivity contribution is 6.32. The first-order valence-electron chi connectivity index (χ1n) is 8.24. The molecule has 0 unspecified atom stereocenters. The van der Waals surface area contributed by atoms with Gasteiger partial charge >= 0.3 is 0 Å². The molecule has 8 heteroatoms. The zero-order chi connectivity index (χ0) is 19.4. The van der Waals surface area contributed by atoms with Crippen molar-refractivity contribution in [2.45, 2.75) is 0 Å². The van der Waals surface area contributed by atoms with E-state index < -0.39 is 34.6 Å². The van der Waals surface area contributed by atoms with Crippen LogP contribution in [-0.2, 0) is 4.74 Å². The number of ether oxygens (including phenoxy) is 2. The van der Waals surface area contributed by atoms with E-state index in [0.29, 0.717) is 32.8 Å². The third-order valence-corrected chi connectivity index (χ3v) is 4.37. The highest BCUT2D eigenvalue weighted by atomic mass is 35.5. The van der Waals surface area contributed by atoms with Crippen LogP contribution in [0.5, 0.6) is 11.5 Å². The number of hydrogen-bond acceptors (Lipinski definition) is 3. The highest BCUT2D eigenvalue weighted by Crippen LogP contribution is 2.36. The van der Waals surface area contributed by atoms with E-state index in [1.807, 2.05) is 4.90 Å². The molecule has 0 amide bonds. The standard InChI is InChI=1S/C19H16ClF4NO2/c20-13-5-1-2-6-14(13)27-19-17(23)15(21)12(16(22)18(19)24)4-3-7-25-8-10-26-11-9-25/h1-6H,7-11H2/b4-3+. The van der Waals surface area contributed by atoms with Gasteiger partial charge in [-0.05, 0) is 12.1 Å². The van der Waals surface area contributed by atoms with Crippen molar-refractivity contribution < 1.29 is 27.0 Å². The predicted octanol–water partition coefficient (Wildman–Crippen LogP) is 5.03. The third kappa shape index (κ3) is 4.43. The summed E-state index contributed by atoms with van der Waals surface area (Å²) in [5.41, 5.74) is -0.801. The first-order chi connectivity index (χ1) is 13.0. The lowest BCUT2D eigenvalue weighted by molar-refractivity contribution is 0.0435. The molecule has 1 heterocycles. The highest BCUT2D eigenvalue weighted by Gasteiger charge is 2.26.